The summed E-state index contributed by atoms with van der Waals surface area (Å²) < 4.78 is 42.0. The third kappa shape index (κ3) is 30.9. The Balaban J connectivity index is 0.00000114. The molecule has 7 rings (SSSR count). The molecule has 0 spiro atoms. The van der Waals surface area contributed by atoms with Gasteiger partial charge in [0, 0.05) is 94.4 Å². The molecule has 2 saturated heterocycles. The quantitative estimate of drug-likeness (QED) is 0.0103. The smallest absolute Gasteiger partial charge is 0.507 e. The minimum Gasteiger partial charge on any atom is -0.507 e. The molecule has 1 aromatic carbocycles. The van der Waals surface area contributed by atoms with E-state index in [0.717, 1.165) is 73.5 Å². The number of carbonyl (C=O) groups is 6. The van der Waals surface area contributed by atoms with Crippen LogP contribution in [0.15, 0.2) is 83.5 Å². The SMILES string of the molecule is C=C(C)C1CCC(C)=CC1c1c(OC(=O)OCCO[C@@H]2CC[C@@H](C[C@@H](C)[C@@H]3CC(=O)[C@H](C)/C=C(\C)[C@@H](O)[C@@H](C)C(=O)[C@H](C)C[C@H](C)/C=C/C=C/C=C(\C)[C@@H](OC)C[C@@H]4CC[C@@H](C)[C@@](O)(O4)C(=O)C(=O)N4CCCC[C@H]4C(=O)O3)C[C@H]2C)ccc(CCCCC)c1O.CC(C)C[C@@H]1CC[C@@H](OCCO)[C@H](C)C1.[B]C(=N)O.[Y]. The van der Waals surface area contributed by atoms with Crippen molar-refractivity contribution in [2.45, 2.75) is 299 Å². The maximum atomic E-state index is 14.7. The monoisotopic (exact) mass is 1620 g/mol. The number of cyclic esters (lactones) is 1. The van der Waals surface area contributed by atoms with E-state index < -0.39 is 83.6 Å². The largest absolute Gasteiger partial charge is 0.513 e. The van der Waals surface area contributed by atoms with Crippen molar-refractivity contribution in [1.82, 2.24) is 4.90 Å². The number of unbranched alkanes of at least 4 members (excludes halogenated alkanes) is 2. The summed E-state index contributed by atoms with van der Waals surface area (Å²) in [7, 11) is 5.83. The number of rotatable bonds is 20. The first kappa shape index (κ1) is 98.4. The number of fused-ring (bicyclic) bond motifs is 3. The van der Waals surface area contributed by atoms with E-state index in [-0.39, 0.29) is 143 Å². The Morgan fingerprint density at radius 2 is 1.46 bits per heavy atom. The van der Waals surface area contributed by atoms with Crippen LogP contribution in [0.4, 0.5) is 4.79 Å². The number of hydrogen-bond acceptors (Lipinski definition) is 18. The number of hydrogen-bond donors (Lipinski definition) is 6. The zero-order chi connectivity index (χ0) is 81.7. The summed E-state index contributed by atoms with van der Waals surface area (Å²) in [5, 5.41) is 57.4. The second-order valence-corrected chi connectivity index (χ2v) is 33.7. The summed E-state index contributed by atoms with van der Waals surface area (Å²) >= 11 is 0. The van der Waals surface area contributed by atoms with Gasteiger partial charge in [-0.15, -0.1) is 0 Å². The molecule has 1 amide bonds. The van der Waals surface area contributed by atoms with Crippen molar-refractivity contribution in [2.75, 3.05) is 40.1 Å². The van der Waals surface area contributed by atoms with Gasteiger partial charge in [-0.3, -0.25) is 24.6 Å². The second kappa shape index (κ2) is 49.2. The molecule has 6 N–H and O–H groups in total. The van der Waals surface area contributed by atoms with Crippen LogP contribution in [-0.4, -0.2) is 168 Å². The Bertz CT molecular complexity index is 3310. The van der Waals surface area contributed by atoms with Gasteiger partial charge in [-0.05, 0) is 213 Å². The van der Waals surface area contributed by atoms with E-state index >= 15 is 0 Å². The van der Waals surface area contributed by atoms with Crippen molar-refractivity contribution in [3.05, 3.63) is 94.7 Å². The van der Waals surface area contributed by atoms with Gasteiger partial charge in [-0.25, -0.2) is 9.59 Å². The number of allylic oxidation sites excluding steroid dienone is 9. The maximum absolute atomic E-state index is 14.7. The molecule has 20 nitrogen and oxygen atoms in total. The fourth-order valence-electron chi connectivity index (χ4n) is 17.4. The Morgan fingerprint density at radius 1 is 0.811 bits per heavy atom. The molecule has 111 heavy (non-hydrogen) atoms. The van der Waals surface area contributed by atoms with Crippen LogP contribution in [0.25, 0.3) is 0 Å². The summed E-state index contributed by atoms with van der Waals surface area (Å²) in [5.41, 5.74) is 4.97. The molecule has 3 aliphatic carbocycles. The number of Topliss-reactive ketones (excluding diaryl/α,β-unsaturated/α-hetero) is 3. The molecule has 0 aromatic heterocycles. The number of nitrogens with one attached hydrogen (secondary N) is 1. The number of esters is 1. The molecule has 6 aliphatic rings. The number of aromatic hydroxyl groups is 1. The number of aryl methyl sites for hydroxylation is 1. The molecular formula is C89H139BN2O18Y. The van der Waals surface area contributed by atoms with Crippen LogP contribution >= 0.6 is 0 Å². The number of methoxy groups -OCH3 is 1. The first-order valence-corrected chi connectivity index (χ1v) is 41.4. The van der Waals surface area contributed by atoms with Crippen LogP contribution in [0.5, 0.6) is 11.5 Å². The predicted molar refractivity (Wildman–Crippen MR) is 432 cm³/mol. The van der Waals surface area contributed by atoms with E-state index in [1.165, 1.54) is 36.2 Å². The molecule has 3 heterocycles. The number of aliphatic hydroxyl groups is 4. The number of ether oxygens (including phenoxy) is 7. The van der Waals surface area contributed by atoms with E-state index in [4.69, 9.17) is 48.8 Å². The first-order chi connectivity index (χ1) is 52.0. The molecule has 4 fully saturated rings. The van der Waals surface area contributed by atoms with Crippen LogP contribution in [0.1, 0.15) is 256 Å². The van der Waals surface area contributed by atoms with E-state index in [2.05, 4.69) is 62.0 Å². The normalized spacial score (nSPS) is 33.0. The van der Waals surface area contributed by atoms with E-state index in [9.17, 15) is 44.1 Å². The van der Waals surface area contributed by atoms with Crippen LogP contribution in [0.3, 0.4) is 0 Å². The summed E-state index contributed by atoms with van der Waals surface area (Å²) in [4.78, 5) is 86.5. The van der Waals surface area contributed by atoms with Gasteiger partial charge in [-0.1, -0.05) is 155 Å². The van der Waals surface area contributed by atoms with Crippen molar-refractivity contribution >= 4 is 49.0 Å². The number of aliphatic hydroxyl groups excluding tert-OH is 3. The van der Waals surface area contributed by atoms with Crippen LogP contribution < -0.4 is 4.74 Å². The summed E-state index contributed by atoms with van der Waals surface area (Å²) in [6.07, 6.45) is 26.2. The topological polar surface area (TPSA) is 295 Å². The van der Waals surface area contributed by atoms with Crippen molar-refractivity contribution in [3.8, 4) is 11.5 Å². The Kier molecular flexibility index (Phi) is 43.6. The second-order valence-electron chi connectivity index (χ2n) is 33.7. The van der Waals surface area contributed by atoms with Crippen LogP contribution in [-0.2, 0) is 91.5 Å². The molecule has 2 unspecified atom stereocenters. The van der Waals surface area contributed by atoms with Gasteiger partial charge in [0.05, 0.1) is 50.3 Å². The zero-order valence-electron chi connectivity index (χ0n) is 70.2. The molecule has 22 heteroatoms. The van der Waals surface area contributed by atoms with Crippen molar-refractivity contribution in [3.63, 3.8) is 0 Å². The summed E-state index contributed by atoms with van der Waals surface area (Å²) in [6.45, 7) is 35.0. The molecule has 1 aromatic rings. The van der Waals surface area contributed by atoms with Crippen molar-refractivity contribution < 1.29 is 120 Å². The first-order valence-electron chi connectivity index (χ1n) is 41.4. The molecule has 3 radical (unpaired) electrons. The average Bonchev–Trinajstić information content (AvgIpc) is 0.779. The Labute approximate surface area is 691 Å². The maximum Gasteiger partial charge on any atom is 0.513 e. The fraction of sp³-hybridized carbons (Fsp3) is 0.719. The molecule has 619 valence electrons. The Hall–Kier alpha value is -4.96. The summed E-state index contributed by atoms with van der Waals surface area (Å²) in [5.74, 6) is -6.45. The van der Waals surface area contributed by atoms with E-state index in [1.54, 1.807) is 46.9 Å². The van der Waals surface area contributed by atoms with Crippen LogP contribution in [0.2, 0.25) is 0 Å². The van der Waals surface area contributed by atoms with Gasteiger partial charge in [0.15, 0.2) is 7.85 Å². The summed E-state index contributed by atoms with van der Waals surface area (Å²) in [6, 6.07) is 2.43. The van der Waals surface area contributed by atoms with Crippen molar-refractivity contribution in [1.29, 1.82) is 5.41 Å². The third-order valence-corrected chi connectivity index (χ3v) is 23.9. The molecule has 2 saturated carbocycles. The van der Waals surface area contributed by atoms with Crippen molar-refractivity contribution in [2.24, 2.45) is 71.0 Å². The van der Waals surface area contributed by atoms with Gasteiger partial charge in [0.25, 0.3) is 11.7 Å². The zero-order valence-corrected chi connectivity index (χ0v) is 73.0. The van der Waals surface area contributed by atoms with E-state index in [0.29, 0.717) is 87.6 Å². The number of phenolic OH excluding ortho intramolecular Hbond substituents is 1. The number of benzene rings is 1. The number of piperidine rings is 1. The molecule has 3 aliphatic heterocycles. The standard InChI is InChI=1S/C75H111NO15.C13H26O2.CH2BNO.Y/c1-15-16-18-25-57-30-34-64(67(70(57)80)60-39-47(5)27-32-59(60)45(2)3)90-74(84)88-37-36-87-63-33-29-56(41-50(63)8)42-51(9)66-44-62(77)49(7)40-53(11)69(79)55(13)68(78)52(10)38-46(4)23-19-17-20-24-48(6)65(86-14)43-58-31-28-54(12)75(85,91-58)71(81)72(82)76-35-22-21-26-61(76)73(83)89-66;1-10(2)8-12-4-5-13(11(3)9-12)15-7-6-14;2-1(3)4;/h17,19-20,23-24,30,34,39-40,46,49-52,54-56,58-61,63,65-66,69,79-80,85H,2,15-16,18,21-22,25-29,31-33,35-38,41-44H2,1,3-14H3;10-14H,4-9H2,1-3H3;(H2,3,4);/b20-17+,23-19+,48-24+,53-40+;;;/t46-,49-,50-,51-,52-,54-,55+,56-,58+,59?,60?,61+,63-,65+,66+,69-,75-;11-,12+,13-;;/m11../s1. The van der Waals surface area contributed by atoms with Crippen LogP contribution in [0, 0.1) is 76.4 Å². The number of amides is 1. The minimum absolute atomic E-state index is 0. The minimum atomic E-state index is -2.45. The van der Waals surface area contributed by atoms with Gasteiger partial charge in [0.1, 0.15) is 47.6 Å². The third-order valence-electron chi connectivity index (χ3n) is 23.9. The molecular weight excluding hydrogens is 1480 g/mol. The van der Waals surface area contributed by atoms with Gasteiger partial charge in [-0.2, -0.15) is 0 Å². The predicted octanol–water partition coefficient (Wildman–Crippen LogP) is 16.6. The van der Waals surface area contributed by atoms with E-state index in [1.807, 2.05) is 71.1 Å². The molecule has 20 atom stereocenters. The number of ketones is 3. The van der Waals surface area contributed by atoms with Gasteiger partial charge < -0.3 is 63.6 Å². The molecule has 2 bridgehead atoms. The number of nitrogens with zero attached hydrogens (tertiary/aromatic N) is 1. The van der Waals surface area contributed by atoms with Gasteiger partial charge in [0.2, 0.25) is 5.79 Å². The fourth-order valence-corrected chi connectivity index (χ4v) is 17.4. The number of carbonyl (C=O) groups excluding carboxylic acids is 6. The Morgan fingerprint density at radius 3 is 2.07 bits per heavy atom. The van der Waals surface area contributed by atoms with Gasteiger partial charge >= 0.3 is 12.1 Å². The number of phenols is 1. The average molecular weight is 1620 g/mol.